The zero-order valence-electron chi connectivity index (χ0n) is 14.7. The van der Waals surface area contributed by atoms with Gasteiger partial charge in [-0.05, 0) is 70.7 Å². The van der Waals surface area contributed by atoms with Crippen LogP contribution < -0.4 is 20.5 Å². The van der Waals surface area contributed by atoms with E-state index in [9.17, 15) is 0 Å². The second-order valence-electron chi connectivity index (χ2n) is 5.44. The number of ether oxygens (including phenoxy) is 2. The minimum absolute atomic E-state index is 0. The molecule has 25 heavy (non-hydrogen) atoms. The first-order valence-electron chi connectivity index (χ1n) is 7.49. The van der Waals surface area contributed by atoms with Gasteiger partial charge in [-0.25, -0.2) is 4.99 Å². The minimum Gasteiger partial charge on any atom is -0.493 e. The van der Waals surface area contributed by atoms with Crippen LogP contribution in [0, 0.1) is 13.8 Å². The number of hydrogen-bond donors (Lipinski definition) is 2. The first-order valence-corrected chi connectivity index (χ1v) is 8.28. The van der Waals surface area contributed by atoms with Gasteiger partial charge in [0.1, 0.15) is 0 Å². The first kappa shape index (κ1) is 21.6. The maximum atomic E-state index is 5.98. The highest BCUT2D eigenvalue weighted by molar-refractivity contribution is 14.0. The van der Waals surface area contributed by atoms with Gasteiger partial charge in [0.15, 0.2) is 17.5 Å². The van der Waals surface area contributed by atoms with Gasteiger partial charge in [-0.1, -0.05) is 6.07 Å². The van der Waals surface area contributed by atoms with Crippen LogP contribution >= 0.6 is 39.9 Å². The summed E-state index contributed by atoms with van der Waals surface area (Å²) in [6.45, 7) is 4.57. The normalized spacial score (nSPS) is 10.8. The molecule has 0 amide bonds. The Kier molecular flexibility index (Phi) is 8.51. The number of nitrogens with one attached hydrogen (secondary N) is 1. The molecule has 0 fully saturated rings. The zero-order chi connectivity index (χ0) is 17.7. The molecule has 5 nitrogen and oxygen atoms in total. The average molecular weight is 520 g/mol. The third kappa shape index (κ3) is 5.78. The maximum absolute atomic E-state index is 5.98. The van der Waals surface area contributed by atoms with Crippen molar-refractivity contribution in [2.75, 3.05) is 19.5 Å². The third-order valence-electron chi connectivity index (χ3n) is 3.70. The van der Waals surface area contributed by atoms with Crippen LogP contribution in [0.2, 0.25) is 0 Å². The standard InChI is InChI=1S/C18H22BrN3O2.HI/c1-11-5-6-14(7-12(11)2)22-18(20)21-10-13-8-15(19)17(24-4)16(9-13)23-3;/h5-9H,10H2,1-4H3,(H3,20,21,22);1H. The van der Waals surface area contributed by atoms with Gasteiger partial charge in [-0.2, -0.15) is 0 Å². The van der Waals surface area contributed by atoms with Gasteiger partial charge in [-0.15, -0.1) is 24.0 Å². The van der Waals surface area contributed by atoms with Gasteiger partial charge in [0.2, 0.25) is 0 Å². The Balaban J connectivity index is 0.00000312. The fourth-order valence-corrected chi connectivity index (χ4v) is 2.90. The van der Waals surface area contributed by atoms with E-state index in [2.05, 4.69) is 46.2 Å². The molecule has 7 heteroatoms. The lowest BCUT2D eigenvalue weighted by atomic mass is 10.1. The number of benzene rings is 2. The van der Waals surface area contributed by atoms with Gasteiger partial charge in [-0.3, -0.25) is 0 Å². The van der Waals surface area contributed by atoms with Gasteiger partial charge < -0.3 is 20.5 Å². The maximum Gasteiger partial charge on any atom is 0.193 e. The summed E-state index contributed by atoms with van der Waals surface area (Å²) >= 11 is 3.47. The summed E-state index contributed by atoms with van der Waals surface area (Å²) in [6, 6.07) is 9.91. The number of nitrogens with zero attached hydrogens (tertiary/aromatic N) is 1. The van der Waals surface area contributed by atoms with E-state index in [1.54, 1.807) is 14.2 Å². The van der Waals surface area contributed by atoms with E-state index < -0.39 is 0 Å². The molecule has 0 aliphatic rings. The zero-order valence-corrected chi connectivity index (χ0v) is 18.6. The van der Waals surface area contributed by atoms with Crippen molar-refractivity contribution in [2.24, 2.45) is 10.7 Å². The van der Waals surface area contributed by atoms with Crippen LogP contribution in [0.25, 0.3) is 0 Å². The third-order valence-corrected chi connectivity index (χ3v) is 4.29. The van der Waals surface area contributed by atoms with Crippen LogP contribution in [0.5, 0.6) is 11.5 Å². The van der Waals surface area contributed by atoms with Gasteiger partial charge in [0.05, 0.1) is 25.2 Å². The van der Waals surface area contributed by atoms with Crippen molar-refractivity contribution in [2.45, 2.75) is 20.4 Å². The molecular weight excluding hydrogens is 497 g/mol. The number of aryl methyl sites for hydroxylation is 2. The van der Waals surface area contributed by atoms with E-state index in [1.165, 1.54) is 11.1 Å². The van der Waals surface area contributed by atoms with Crippen molar-refractivity contribution in [1.29, 1.82) is 0 Å². The molecule has 0 spiro atoms. The van der Waals surface area contributed by atoms with Gasteiger partial charge >= 0.3 is 0 Å². The molecule has 0 radical (unpaired) electrons. The Morgan fingerprint density at radius 2 is 1.84 bits per heavy atom. The van der Waals surface area contributed by atoms with Crippen LogP contribution in [0.15, 0.2) is 39.8 Å². The molecule has 2 rings (SSSR count). The van der Waals surface area contributed by atoms with Crippen LogP contribution in [0.4, 0.5) is 5.69 Å². The molecule has 3 N–H and O–H groups in total. The van der Waals surface area contributed by atoms with Crippen molar-refractivity contribution in [3.05, 3.63) is 51.5 Å². The highest BCUT2D eigenvalue weighted by Gasteiger charge is 2.10. The van der Waals surface area contributed by atoms with Crippen LogP contribution in [0.1, 0.15) is 16.7 Å². The largest absolute Gasteiger partial charge is 0.493 e. The Bertz CT molecular complexity index is 766. The molecule has 136 valence electrons. The summed E-state index contributed by atoms with van der Waals surface area (Å²) in [6.07, 6.45) is 0. The lowest BCUT2D eigenvalue weighted by Gasteiger charge is -2.11. The SMILES string of the molecule is COc1cc(CN=C(N)Nc2ccc(C)c(C)c2)cc(Br)c1OC.I. The summed E-state index contributed by atoms with van der Waals surface area (Å²) < 4.78 is 11.5. The molecule has 0 unspecified atom stereocenters. The number of nitrogens with two attached hydrogens (primary N) is 1. The summed E-state index contributed by atoms with van der Waals surface area (Å²) in [4.78, 5) is 4.38. The van der Waals surface area contributed by atoms with Gasteiger partial charge in [0, 0.05) is 5.69 Å². The monoisotopic (exact) mass is 519 g/mol. The van der Waals surface area contributed by atoms with Crippen molar-refractivity contribution < 1.29 is 9.47 Å². The Morgan fingerprint density at radius 1 is 1.12 bits per heavy atom. The molecule has 0 aliphatic carbocycles. The Labute approximate surface area is 174 Å². The van der Waals surface area contributed by atoms with Crippen molar-refractivity contribution in [3.63, 3.8) is 0 Å². The molecule has 0 heterocycles. The predicted octanol–water partition coefficient (Wildman–Crippen LogP) is 4.63. The number of methoxy groups -OCH3 is 2. The molecule has 0 aromatic heterocycles. The van der Waals surface area contributed by atoms with E-state index in [-0.39, 0.29) is 24.0 Å². The van der Waals surface area contributed by atoms with Crippen molar-refractivity contribution in [3.8, 4) is 11.5 Å². The smallest absolute Gasteiger partial charge is 0.193 e. The number of halogens is 2. The second kappa shape index (κ2) is 9.86. The molecule has 0 atom stereocenters. The topological polar surface area (TPSA) is 68.9 Å². The number of anilines is 1. The summed E-state index contributed by atoms with van der Waals surface area (Å²) in [7, 11) is 3.21. The van der Waals surface area contributed by atoms with E-state index in [0.717, 1.165) is 15.7 Å². The molecule has 0 aliphatic heterocycles. The Morgan fingerprint density at radius 3 is 2.44 bits per heavy atom. The number of rotatable bonds is 5. The van der Waals surface area contributed by atoms with E-state index in [4.69, 9.17) is 15.2 Å². The predicted molar refractivity (Wildman–Crippen MR) is 118 cm³/mol. The molecular formula is C18H23BrIN3O2. The summed E-state index contributed by atoms with van der Waals surface area (Å²) in [5, 5.41) is 3.11. The number of guanidine groups is 1. The van der Waals surface area contributed by atoms with Crippen LogP contribution in [-0.4, -0.2) is 20.2 Å². The first-order chi connectivity index (χ1) is 11.4. The average Bonchev–Trinajstić information content (AvgIpc) is 2.55. The highest BCUT2D eigenvalue weighted by atomic mass is 127. The fourth-order valence-electron chi connectivity index (χ4n) is 2.25. The minimum atomic E-state index is 0. The fraction of sp³-hybridized carbons (Fsp3) is 0.278. The summed E-state index contributed by atoms with van der Waals surface area (Å²) in [5.41, 5.74) is 10.3. The summed E-state index contributed by atoms with van der Waals surface area (Å²) in [5.74, 6) is 1.67. The molecule has 2 aromatic carbocycles. The van der Waals surface area contributed by atoms with E-state index in [1.807, 2.05) is 24.3 Å². The second-order valence-corrected chi connectivity index (χ2v) is 6.29. The lowest BCUT2D eigenvalue weighted by Crippen LogP contribution is -2.22. The quantitative estimate of drug-likeness (QED) is 0.343. The van der Waals surface area contributed by atoms with Crippen molar-refractivity contribution in [1.82, 2.24) is 0 Å². The molecule has 0 saturated heterocycles. The van der Waals surface area contributed by atoms with Gasteiger partial charge in [0.25, 0.3) is 0 Å². The Hall–Kier alpha value is -1.48. The number of aliphatic imine (C=N–C) groups is 1. The highest BCUT2D eigenvalue weighted by Crippen LogP contribution is 2.36. The lowest BCUT2D eigenvalue weighted by molar-refractivity contribution is 0.352. The van der Waals surface area contributed by atoms with Crippen LogP contribution in [0.3, 0.4) is 0 Å². The van der Waals surface area contributed by atoms with E-state index >= 15 is 0 Å². The molecule has 2 aromatic rings. The van der Waals surface area contributed by atoms with Crippen LogP contribution in [-0.2, 0) is 6.54 Å². The molecule has 0 bridgehead atoms. The number of hydrogen-bond acceptors (Lipinski definition) is 3. The molecule has 0 saturated carbocycles. The van der Waals surface area contributed by atoms with Crippen molar-refractivity contribution >= 4 is 51.6 Å². The van der Waals surface area contributed by atoms with E-state index in [0.29, 0.717) is 24.0 Å².